The molecule has 0 unspecified atom stereocenters. The van der Waals surface area contributed by atoms with Gasteiger partial charge in [-0.05, 0) is 60.5 Å². The largest absolute Gasteiger partial charge is 0.494 e. The van der Waals surface area contributed by atoms with Crippen LogP contribution in [0, 0.1) is 6.92 Å². The maximum absolute atomic E-state index is 12.3. The number of fused-ring (bicyclic) bond motifs is 1. The molecule has 0 radical (unpaired) electrons. The van der Waals surface area contributed by atoms with E-state index in [1.54, 1.807) is 6.08 Å². The van der Waals surface area contributed by atoms with Gasteiger partial charge in [0.2, 0.25) is 0 Å². The zero-order chi connectivity index (χ0) is 18.8. The van der Waals surface area contributed by atoms with E-state index in [1.165, 1.54) is 10.9 Å². The average molecular weight is 356 g/mol. The molecule has 1 aliphatic heterocycles. The second-order valence-corrected chi connectivity index (χ2v) is 6.57. The van der Waals surface area contributed by atoms with Crippen molar-refractivity contribution in [2.24, 2.45) is 0 Å². The van der Waals surface area contributed by atoms with Gasteiger partial charge in [-0.25, -0.2) is 4.79 Å². The Morgan fingerprint density at radius 1 is 0.963 bits per heavy atom. The predicted molar refractivity (Wildman–Crippen MR) is 108 cm³/mol. The van der Waals surface area contributed by atoms with Crippen molar-refractivity contribution in [3.05, 3.63) is 89.0 Å². The van der Waals surface area contributed by atoms with Crippen LogP contribution >= 0.6 is 0 Å². The van der Waals surface area contributed by atoms with E-state index >= 15 is 0 Å². The van der Waals surface area contributed by atoms with Crippen molar-refractivity contribution in [2.75, 3.05) is 6.61 Å². The average Bonchev–Trinajstić information content (AvgIpc) is 3.03. The zero-order valence-electron chi connectivity index (χ0n) is 15.4. The molecule has 134 valence electrons. The summed E-state index contributed by atoms with van der Waals surface area (Å²) in [4.78, 5) is 12.3. The Morgan fingerprint density at radius 2 is 1.70 bits per heavy atom. The van der Waals surface area contributed by atoms with Crippen LogP contribution in [-0.2, 0) is 9.53 Å². The van der Waals surface area contributed by atoms with Gasteiger partial charge in [-0.15, -0.1) is 0 Å². The Kier molecular flexibility index (Phi) is 4.51. The van der Waals surface area contributed by atoms with E-state index in [0.29, 0.717) is 17.9 Å². The first-order valence-corrected chi connectivity index (χ1v) is 9.01. The number of hydrogen-bond donors (Lipinski definition) is 0. The quantitative estimate of drug-likeness (QED) is 0.455. The first-order chi connectivity index (χ1) is 13.1. The molecule has 0 spiro atoms. The normalized spacial score (nSPS) is 15.1. The highest BCUT2D eigenvalue weighted by Gasteiger charge is 2.22. The summed E-state index contributed by atoms with van der Waals surface area (Å²) < 4.78 is 10.9. The van der Waals surface area contributed by atoms with Gasteiger partial charge in [-0.2, -0.15) is 0 Å². The first kappa shape index (κ1) is 17.1. The van der Waals surface area contributed by atoms with E-state index < -0.39 is 0 Å². The molecule has 0 saturated heterocycles. The van der Waals surface area contributed by atoms with Crippen molar-refractivity contribution >= 4 is 28.6 Å². The van der Waals surface area contributed by atoms with Crippen molar-refractivity contribution in [1.29, 1.82) is 0 Å². The van der Waals surface area contributed by atoms with Crippen LogP contribution in [0.5, 0.6) is 5.75 Å². The van der Waals surface area contributed by atoms with E-state index in [-0.39, 0.29) is 5.97 Å². The van der Waals surface area contributed by atoms with Gasteiger partial charge in [0.25, 0.3) is 0 Å². The molecule has 0 N–H and O–H groups in total. The lowest BCUT2D eigenvalue weighted by Crippen LogP contribution is -1.97. The lowest BCUT2D eigenvalue weighted by atomic mass is 10.0. The van der Waals surface area contributed by atoms with Gasteiger partial charge in [-0.3, -0.25) is 0 Å². The van der Waals surface area contributed by atoms with Crippen LogP contribution in [0.3, 0.4) is 0 Å². The molecule has 3 aromatic rings. The van der Waals surface area contributed by atoms with Crippen molar-refractivity contribution < 1.29 is 14.3 Å². The number of carbonyl (C=O) groups is 1. The third-order valence-electron chi connectivity index (χ3n) is 4.52. The Balaban J connectivity index is 1.63. The summed E-state index contributed by atoms with van der Waals surface area (Å²) in [6, 6.07) is 20.0. The summed E-state index contributed by atoms with van der Waals surface area (Å²) in [5.74, 6) is 1.07. The molecular formula is C24H20O3. The fraction of sp³-hybridized carbons (Fsp3) is 0.125. The van der Waals surface area contributed by atoms with Crippen LogP contribution in [0.25, 0.3) is 22.6 Å². The minimum Gasteiger partial charge on any atom is -0.494 e. The summed E-state index contributed by atoms with van der Waals surface area (Å²) in [7, 11) is 0. The van der Waals surface area contributed by atoms with Gasteiger partial charge >= 0.3 is 5.97 Å². The van der Waals surface area contributed by atoms with E-state index in [0.717, 1.165) is 22.3 Å². The zero-order valence-corrected chi connectivity index (χ0v) is 15.4. The lowest BCUT2D eigenvalue weighted by molar-refractivity contribution is -0.130. The van der Waals surface area contributed by atoms with E-state index in [9.17, 15) is 4.79 Å². The van der Waals surface area contributed by atoms with Crippen LogP contribution < -0.4 is 4.74 Å². The summed E-state index contributed by atoms with van der Waals surface area (Å²) in [5.41, 5.74) is 3.59. The minimum absolute atomic E-state index is 0.331. The highest BCUT2D eigenvalue weighted by atomic mass is 16.5. The van der Waals surface area contributed by atoms with Gasteiger partial charge in [0.05, 0.1) is 12.2 Å². The number of cyclic esters (lactones) is 1. The van der Waals surface area contributed by atoms with Gasteiger partial charge in [0, 0.05) is 5.56 Å². The number of rotatable bonds is 4. The van der Waals surface area contributed by atoms with Crippen molar-refractivity contribution in [3.8, 4) is 5.75 Å². The molecule has 0 fully saturated rings. The van der Waals surface area contributed by atoms with Crippen LogP contribution in [0.2, 0.25) is 0 Å². The predicted octanol–water partition coefficient (Wildman–Crippen LogP) is 5.53. The molecule has 0 aliphatic carbocycles. The fourth-order valence-corrected chi connectivity index (χ4v) is 3.16. The molecule has 0 aromatic heterocycles. The molecule has 4 rings (SSSR count). The monoisotopic (exact) mass is 356 g/mol. The van der Waals surface area contributed by atoms with Crippen LogP contribution in [-0.4, -0.2) is 12.6 Å². The fourth-order valence-electron chi connectivity index (χ4n) is 3.16. The Hall–Kier alpha value is -3.33. The summed E-state index contributed by atoms with van der Waals surface area (Å²) in [5, 5.41) is 2.30. The molecule has 1 heterocycles. The number of benzene rings is 3. The van der Waals surface area contributed by atoms with Gasteiger partial charge in [-0.1, -0.05) is 48.0 Å². The maximum atomic E-state index is 12.3. The standard InChI is InChI=1S/C24H20O3/c1-3-26-22-10-5-17(6-11-22)13-21-15-23(27-24(21)25)20-9-8-18-12-16(2)4-7-19(18)14-20/h4-15H,3H2,1-2H3/b21-13+. The smallest absolute Gasteiger partial charge is 0.343 e. The molecule has 0 atom stereocenters. The Labute approximate surface area is 158 Å². The molecule has 0 bridgehead atoms. The molecule has 27 heavy (non-hydrogen) atoms. The minimum atomic E-state index is -0.331. The highest BCUT2D eigenvalue weighted by Crippen LogP contribution is 2.30. The number of esters is 1. The lowest BCUT2D eigenvalue weighted by Gasteiger charge is -2.05. The molecule has 0 amide bonds. The molecule has 3 heteroatoms. The van der Waals surface area contributed by atoms with Gasteiger partial charge < -0.3 is 9.47 Å². The summed E-state index contributed by atoms with van der Waals surface area (Å²) in [6.45, 7) is 4.65. The van der Waals surface area contributed by atoms with Crippen molar-refractivity contribution in [1.82, 2.24) is 0 Å². The van der Waals surface area contributed by atoms with Gasteiger partial charge in [0.1, 0.15) is 11.5 Å². The van der Waals surface area contributed by atoms with E-state index in [2.05, 4.69) is 31.2 Å². The maximum Gasteiger partial charge on any atom is 0.343 e. The van der Waals surface area contributed by atoms with Crippen LogP contribution in [0.1, 0.15) is 23.6 Å². The van der Waals surface area contributed by atoms with Gasteiger partial charge in [0.15, 0.2) is 0 Å². The van der Waals surface area contributed by atoms with Crippen molar-refractivity contribution in [2.45, 2.75) is 13.8 Å². The third kappa shape index (κ3) is 3.63. The Bertz CT molecular complexity index is 1070. The molecule has 3 nitrogen and oxygen atoms in total. The molecule has 1 aliphatic rings. The molecular weight excluding hydrogens is 336 g/mol. The Morgan fingerprint density at radius 3 is 2.48 bits per heavy atom. The number of ether oxygens (including phenoxy) is 2. The number of hydrogen-bond acceptors (Lipinski definition) is 3. The summed E-state index contributed by atoms with van der Waals surface area (Å²) in [6.07, 6.45) is 3.63. The van der Waals surface area contributed by atoms with E-state index in [1.807, 2.05) is 49.4 Å². The second kappa shape index (κ2) is 7.12. The third-order valence-corrected chi connectivity index (χ3v) is 4.52. The topological polar surface area (TPSA) is 35.5 Å². The molecule has 0 saturated carbocycles. The van der Waals surface area contributed by atoms with E-state index in [4.69, 9.17) is 9.47 Å². The van der Waals surface area contributed by atoms with Crippen molar-refractivity contribution in [3.63, 3.8) is 0 Å². The summed E-state index contributed by atoms with van der Waals surface area (Å²) >= 11 is 0. The SMILES string of the molecule is CCOc1ccc(/C=C2\C=C(c3ccc4cc(C)ccc4c3)OC2=O)cc1. The highest BCUT2D eigenvalue weighted by molar-refractivity contribution is 6.05. The first-order valence-electron chi connectivity index (χ1n) is 9.01. The molecule has 3 aromatic carbocycles. The van der Waals surface area contributed by atoms with Crippen LogP contribution in [0.4, 0.5) is 0 Å². The number of carbonyl (C=O) groups excluding carboxylic acids is 1. The number of aryl methyl sites for hydroxylation is 1. The second-order valence-electron chi connectivity index (χ2n) is 6.57. The van der Waals surface area contributed by atoms with Crippen LogP contribution in [0.15, 0.2) is 72.3 Å².